The van der Waals surface area contributed by atoms with Gasteiger partial charge in [-0.1, -0.05) is 6.92 Å². The number of nitrogens with zero attached hydrogens (tertiary/aromatic N) is 2. The van der Waals surface area contributed by atoms with Crippen LogP contribution in [0.1, 0.15) is 32.6 Å². The third kappa shape index (κ3) is 6.74. The van der Waals surface area contributed by atoms with Crippen LogP contribution in [0.5, 0.6) is 0 Å². The molecule has 0 radical (unpaired) electrons. The van der Waals surface area contributed by atoms with Gasteiger partial charge in [0.05, 0.1) is 18.5 Å². The summed E-state index contributed by atoms with van der Waals surface area (Å²) in [5, 5.41) is 2.48. The lowest BCUT2D eigenvalue weighted by atomic mass is 9.95. The van der Waals surface area contributed by atoms with Crippen LogP contribution in [0.15, 0.2) is 0 Å². The zero-order valence-electron chi connectivity index (χ0n) is 15.0. The Balaban J connectivity index is 0.00000364. The Kier molecular flexibility index (Phi) is 8.28. The fraction of sp³-hybridized carbons (Fsp3) is 0.875. The fourth-order valence-electron chi connectivity index (χ4n) is 3.50. The Morgan fingerprint density at radius 1 is 1.30 bits per heavy atom. The molecule has 2 heterocycles. The summed E-state index contributed by atoms with van der Waals surface area (Å²) in [6.07, 6.45) is -3.87. The van der Waals surface area contributed by atoms with E-state index >= 15 is 0 Å². The number of amides is 2. The van der Waals surface area contributed by atoms with Crippen molar-refractivity contribution in [3.63, 3.8) is 0 Å². The highest BCUT2D eigenvalue weighted by Gasteiger charge is 2.44. The van der Waals surface area contributed by atoms with E-state index in [0.717, 1.165) is 4.90 Å². The molecule has 1 N–H and O–H groups in total. The first-order valence-electron chi connectivity index (χ1n) is 8.78. The third-order valence-electron chi connectivity index (χ3n) is 4.67. The van der Waals surface area contributed by atoms with E-state index in [0.29, 0.717) is 25.8 Å². The highest BCUT2D eigenvalue weighted by atomic mass is 35.5. The molecule has 2 aliphatic heterocycles. The summed E-state index contributed by atoms with van der Waals surface area (Å²) in [6, 6.07) is -1.01. The molecule has 0 bridgehead atoms. The topological polar surface area (TPSA) is 52.7 Å². The standard InChI is InChI=1S/C16H24F5N3O2.ClH/c1-2-5-24(10-16(19,20)21)13(25)11-4-3-6-23(8-11)14(26)12-7-15(17,18)9-22-12;/h11-12,22H,2-10H2,1H3;1H. The van der Waals surface area contributed by atoms with Crippen LogP contribution in [-0.2, 0) is 9.59 Å². The van der Waals surface area contributed by atoms with Crippen molar-refractivity contribution < 1.29 is 31.5 Å². The van der Waals surface area contributed by atoms with Crippen LogP contribution < -0.4 is 5.32 Å². The van der Waals surface area contributed by atoms with Crippen molar-refractivity contribution in [3.05, 3.63) is 0 Å². The molecule has 5 nitrogen and oxygen atoms in total. The predicted octanol–water partition coefficient (Wildman–Crippen LogP) is 2.44. The number of piperidine rings is 1. The molecular weight excluding hydrogens is 397 g/mol. The zero-order chi connectivity index (χ0) is 19.5. The first-order chi connectivity index (χ1) is 12.0. The number of rotatable bonds is 5. The van der Waals surface area contributed by atoms with Gasteiger partial charge in [0.1, 0.15) is 6.54 Å². The molecule has 2 aliphatic rings. The molecule has 0 aliphatic carbocycles. The molecule has 2 fully saturated rings. The summed E-state index contributed by atoms with van der Waals surface area (Å²) in [6.45, 7) is 0.0629. The second-order valence-corrected chi connectivity index (χ2v) is 6.99. The summed E-state index contributed by atoms with van der Waals surface area (Å²) in [4.78, 5) is 27.0. The lowest BCUT2D eigenvalue weighted by Gasteiger charge is -2.36. The van der Waals surface area contributed by atoms with Crippen molar-refractivity contribution in [2.45, 2.75) is 50.7 Å². The molecule has 0 aromatic rings. The smallest absolute Gasteiger partial charge is 0.341 e. The number of carbonyl (C=O) groups is 2. The molecule has 0 aromatic heterocycles. The lowest BCUT2D eigenvalue weighted by Crippen LogP contribution is -2.52. The Morgan fingerprint density at radius 3 is 2.48 bits per heavy atom. The van der Waals surface area contributed by atoms with Crippen LogP contribution >= 0.6 is 12.4 Å². The van der Waals surface area contributed by atoms with Crippen LogP contribution in [0.3, 0.4) is 0 Å². The average Bonchev–Trinajstić information content (AvgIpc) is 2.92. The van der Waals surface area contributed by atoms with E-state index in [-0.39, 0.29) is 25.5 Å². The molecule has 0 saturated carbocycles. The molecule has 158 valence electrons. The number of hydrogen-bond acceptors (Lipinski definition) is 3. The van der Waals surface area contributed by atoms with Gasteiger partial charge in [-0.3, -0.25) is 14.9 Å². The first kappa shape index (κ1) is 23.9. The Morgan fingerprint density at radius 2 is 1.96 bits per heavy atom. The Labute approximate surface area is 161 Å². The summed E-state index contributed by atoms with van der Waals surface area (Å²) < 4.78 is 64.7. The number of alkyl halides is 5. The molecule has 2 amide bonds. The van der Waals surface area contributed by atoms with Crippen LogP contribution in [-0.4, -0.2) is 72.5 Å². The maximum Gasteiger partial charge on any atom is 0.406 e. The van der Waals surface area contributed by atoms with E-state index in [2.05, 4.69) is 5.32 Å². The minimum absolute atomic E-state index is 0. The minimum Gasteiger partial charge on any atom is -0.341 e. The average molecular weight is 422 g/mol. The maximum absolute atomic E-state index is 13.3. The Hall–Kier alpha value is -1.16. The monoisotopic (exact) mass is 421 g/mol. The van der Waals surface area contributed by atoms with Crippen molar-refractivity contribution in [2.24, 2.45) is 5.92 Å². The van der Waals surface area contributed by atoms with Gasteiger partial charge in [-0.25, -0.2) is 8.78 Å². The van der Waals surface area contributed by atoms with Crippen LogP contribution in [0.2, 0.25) is 0 Å². The lowest BCUT2D eigenvalue weighted by molar-refractivity contribution is -0.165. The Bertz CT molecular complexity index is 533. The van der Waals surface area contributed by atoms with Gasteiger partial charge in [0.25, 0.3) is 5.92 Å². The molecule has 11 heteroatoms. The van der Waals surface area contributed by atoms with E-state index in [1.165, 1.54) is 4.90 Å². The number of halogens is 6. The number of hydrogen-bond donors (Lipinski definition) is 1. The van der Waals surface area contributed by atoms with Crippen molar-refractivity contribution in [1.82, 2.24) is 15.1 Å². The summed E-state index contributed by atoms with van der Waals surface area (Å²) >= 11 is 0. The van der Waals surface area contributed by atoms with Crippen molar-refractivity contribution in [3.8, 4) is 0 Å². The highest BCUT2D eigenvalue weighted by Crippen LogP contribution is 2.28. The van der Waals surface area contributed by atoms with E-state index in [1.54, 1.807) is 6.92 Å². The predicted molar refractivity (Wildman–Crippen MR) is 90.8 cm³/mol. The van der Waals surface area contributed by atoms with Gasteiger partial charge >= 0.3 is 6.18 Å². The normalized spacial score (nSPS) is 25.0. The van der Waals surface area contributed by atoms with Crippen LogP contribution in [0.25, 0.3) is 0 Å². The molecule has 2 saturated heterocycles. The van der Waals surface area contributed by atoms with Gasteiger partial charge < -0.3 is 9.80 Å². The van der Waals surface area contributed by atoms with Gasteiger partial charge in [-0.2, -0.15) is 13.2 Å². The summed E-state index contributed by atoms with van der Waals surface area (Å²) in [7, 11) is 0. The molecule has 2 atom stereocenters. The third-order valence-corrected chi connectivity index (χ3v) is 4.67. The minimum atomic E-state index is -4.49. The summed E-state index contributed by atoms with van der Waals surface area (Å²) in [5.41, 5.74) is 0. The van der Waals surface area contributed by atoms with E-state index < -0.39 is 55.4 Å². The zero-order valence-corrected chi connectivity index (χ0v) is 15.8. The molecule has 27 heavy (non-hydrogen) atoms. The molecule has 2 unspecified atom stereocenters. The van der Waals surface area contributed by atoms with Crippen molar-refractivity contribution in [2.75, 3.05) is 32.7 Å². The first-order valence-corrected chi connectivity index (χ1v) is 8.78. The van der Waals surface area contributed by atoms with E-state index in [9.17, 15) is 31.5 Å². The molecule has 0 aromatic carbocycles. The second-order valence-electron chi connectivity index (χ2n) is 6.99. The van der Waals surface area contributed by atoms with Gasteiger partial charge in [-0.15, -0.1) is 12.4 Å². The van der Waals surface area contributed by atoms with Gasteiger partial charge in [-0.05, 0) is 19.3 Å². The molecule has 2 rings (SSSR count). The second kappa shape index (κ2) is 9.36. The molecular formula is C16H25ClF5N3O2. The maximum atomic E-state index is 13.3. The number of likely N-dealkylation sites (tertiary alicyclic amines) is 1. The van der Waals surface area contributed by atoms with Gasteiger partial charge in [0.15, 0.2) is 0 Å². The van der Waals surface area contributed by atoms with Gasteiger partial charge in [0.2, 0.25) is 11.8 Å². The quantitative estimate of drug-likeness (QED) is 0.694. The number of carbonyl (C=O) groups excluding carboxylic acids is 2. The van der Waals surface area contributed by atoms with Crippen LogP contribution in [0, 0.1) is 5.92 Å². The van der Waals surface area contributed by atoms with E-state index in [4.69, 9.17) is 0 Å². The van der Waals surface area contributed by atoms with Crippen molar-refractivity contribution >= 4 is 24.2 Å². The van der Waals surface area contributed by atoms with Gasteiger partial charge in [0, 0.05) is 26.1 Å². The highest BCUT2D eigenvalue weighted by molar-refractivity contribution is 5.85. The van der Waals surface area contributed by atoms with Crippen LogP contribution in [0.4, 0.5) is 22.0 Å². The summed E-state index contributed by atoms with van der Waals surface area (Å²) in [5.74, 6) is -4.83. The SMILES string of the molecule is CCCN(CC(F)(F)F)C(=O)C1CCCN(C(=O)C2CC(F)(F)CN2)C1.Cl. The number of nitrogens with one attached hydrogen (secondary N) is 1. The van der Waals surface area contributed by atoms with E-state index in [1.807, 2.05) is 0 Å². The molecule has 0 spiro atoms. The largest absolute Gasteiger partial charge is 0.406 e. The fourth-order valence-corrected chi connectivity index (χ4v) is 3.50. The van der Waals surface area contributed by atoms with Crippen molar-refractivity contribution in [1.29, 1.82) is 0 Å².